The molecule has 140 valence electrons. The van der Waals surface area contributed by atoms with E-state index in [1.165, 1.54) is 20.4 Å². The van der Waals surface area contributed by atoms with E-state index in [1.54, 1.807) is 43.5 Å². The number of terminal acetylenes is 1. The molecule has 7 nitrogen and oxygen atoms in total. The van der Waals surface area contributed by atoms with Gasteiger partial charge in [-0.1, -0.05) is 5.92 Å². The van der Waals surface area contributed by atoms with E-state index >= 15 is 0 Å². The van der Waals surface area contributed by atoms with Gasteiger partial charge in [-0.25, -0.2) is 5.43 Å². The minimum Gasteiger partial charge on any atom is -0.497 e. The zero-order valence-corrected chi connectivity index (χ0v) is 15.3. The van der Waals surface area contributed by atoms with Crippen LogP contribution in [-0.4, -0.2) is 40.1 Å². The van der Waals surface area contributed by atoms with Gasteiger partial charge in [0.1, 0.15) is 29.6 Å². The monoisotopic (exact) mass is 368 g/mol. The number of hydrazone groups is 1. The van der Waals surface area contributed by atoms with Crippen LogP contribution in [0, 0.1) is 12.3 Å². The van der Waals surface area contributed by atoms with E-state index in [9.17, 15) is 4.79 Å². The fraction of sp³-hybridized carbons (Fsp3) is 0.200. The molecule has 0 aliphatic rings. The van der Waals surface area contributed by atoms with Crippen molar-refractivity contribution in [3.63, 3.8) is 0 Å². The molecule has 1 N–H and O–H groups in total. The number of nitrogens with one attached hydrogen (secondary N) is 1. The van der Waals surface area contributed by atoms with Gasteiger partial charge in [-0.15, -0.1) is 6.42 Å². The molecule has 0 saturated carbocycles. The molecule has 0 radical (unpaired) electrons. The molecular weight excluding hydrogens is 348 g/mol. The number of methoxy groups -OCH3 is 3. The van der Waals surface area contributed by atoms with Crippen LogP contribution in [-0.2, 0) is 0 Å². The zero-order valence-electron chi connectivity index (χ0n) is 15.3. The van der Waals surface area contributed by atoms with E-state index < -0.39 is 5.91 Å². The van der Waals surface area contributed by atoms with Crippen molar-refractivity contribution in [3.05, 3.63) is 47.5 Å². The van der Waals surface area contributed by atoms with E-state index in [0.29, 0.717) is 34.1 Å². The Labute approximate surface area is 157 Å². The molecule has 1 amide bonds. The second-order valence-electron chi connectivity index (χ2n) is 5.16. The van der Waals surface area contributed by atoms with Crippen LogP contribution in [0.5, 0.6) is 23.0 Å². The van der Waals surface area contributed by atoms with Gasteiger partial charge in [-0.3, -0.25) is 4.79 Å². The second kappa shape index (κ2) is 9.73. The van der Waals surface area contributed by atoms with Gasteiger partial charge in [0.25, 0.3) is 5.91 Å². The minimum atomic E-state index is -0.431. The Morgan fingerprint density at radius 1 is 1.07 bits per heavy atom. The first kappa shape index (κ1) is 19.7. The number of carbonyl (C=O) groups excluding carboxylic acids is 1. The standard InChI is InChI=1S/C20H20N2O5/c1-5-10-27-18-9-7-15(24-2)11-14(18)13-21-22-20(23)17-8-6-16(25-3)12-19(17)26-4/h1,6-9,11-13H,10H2,2-4H3,(H,22,23)/b21-13-. The highest BCUT2D eigenvalue weighted by atomic mass is 16.5. The maximum absolute atomic E-state index is 12.4. The average Bonchev–Trinajstić information content (AvgIpc) is 2.71. The zero-order chi connectivity index (χ0) is 19.6. The fourth-order valence-electron chi connectivity index (χ4n) is 2.21. The Balaban J connectivity index is 2.17. The molecule has 0 bridgehead atoms. The summed E-state index contributed by atoms with van der Waals surface area (Å²) in [7, 11) is 4.56. The molecule has 0 atom stereocenters. The van der Waals surface area contributed by atoms with Crippen LogP contribution in [0.15, 0.2) is 41.5 Å². The molecule has 7 heteroatoms. The maximum Gasteiger partial charge on any atom is 0.275 e. The van der Waals surface area contributed by atoms with Gasteiger partial charge in [0.15, 0.2) is 0 Å². The lowest BCUT2D eigenvalue weighted by atomic mass is 10.2. The van der Waals surface area contributed by atoms with Gasteiger partial charge < -0.3 is 18.9 Å². The van der Waals surface area contributed by atoms with Crippen LogP contribution in [0.2, 0.25) is 0 Å². The Hall–Kier alpha value is -3.66. The van der Waals surface area contributed by atoms with E-state index in [0.717, 1.165) is 0 Å². The summed E-state index contributed by atoms with van der Waals surface area (Å²) in [6, 6.07) is 10.0. The number of hydrogen-bond donors (Lipinski definition) is 1. The summed E-state index contributed by atoms with van der Waals surface area (Å²) in [6.45, 7) is 0.114. The van der Waals surface area contributed by atoms with Gasteiger partial charge in [0.05, 0.1) is 33.1 Å². The molecule has 0 fully saturated rings. The number of ether oxygens (including phenoxy) is 4. The van der Waals surface area contributed by atoms with Crippen LogP contribution in [0.3, 0.4) is 0 Å². The maximum atomic E-state index is 12.4. The van der Waals surface area contributed by atoms with E-state index in [1.807, 2.05) is 0 Å². The lowest BCUT2D eigenvalue weighted by molar-refractivity contribution is 0.0952. The van der Waals surface area contributed by atoms with Gasteiger partial charge >= 0.3 is 0 Å². The molecule has 2 aromatic rings. The van der Waals surface area contributed by atoms with Crippen molar-refractivity contribution in [2.75, 3.05) is 27.9 Å². The largest absolute Gasteiger partial charge is 0.497 e. The highest BCUT2D eigenvalue weighted by molar-refractivity contribution is 5.97. The fourth-order valence-corrected chi connectivity index (χ4v) is 2.21. The van der Waals surface area contributed by atoms with Gasteiger partial charge in [-0.05, 0) is 30.3 Å². The Kier molecular flexibility index (Phi) is 7.08. The lowest BCUT2D eigenvalue weighted by Gasteiger charge is -2.10. The number of benzene rings is 2. The molecule has 27 heavy (non-hydrogen) atoms. The molecule has 0 saturated heterocycles. The van der Waals surface area contributed by atoms with Gasteiger partial charge in [0, 0.05) is 11.6 Å². The summed E-state index contributed by atoms with van der Waals surface area (Å²) >= 11 is 0. The van der Waals surface area contributed by atoms with Crippen molar-refractivity contribution in [2.45, 2.75) is 0 Å². The van der Waals surface area contributed by atoms with Crippen LogP contribution < -0.4 is 24.4 Å². The van der Waals surface area contributed by atoms with Crippen LogP contribution >= 0.6 is 0 Å². The molecule has 0 unspecified atom stereocenters. The predicted molar refractivity (Wildman–Crippen MR) is 102 cm³/mol. The molecule has 0 heterocycles. The Morgan fingerprint density at radius 2 is 1.78 bits per heavy atom. The number of nitrogens with zero attached hydrogens (tertiary/aromatic N) is 1. The number of rotatable bonds is 8. The normalized spacial score (nSPS) is 10.1. The Bertz CT molecular complexity index is 871. The highest BCUT2D eigenvalue weighted by Crippen LogP contribution is 2.25. The first-order chi connectivity index (χ1) is 13.1. The number of carbonyl (C=O) groups is 1. The Morgan fingerprint density at radius 3 is 2.44 bits per heavy atom. The third-order valence-electron chi connectivity index (χ3n) is 3.55. The average molecular weight is 368 g/mol. The van der Waals surface area contributed by atoms with Gasteiger partial charge in [0.2, 0.25) is 0 Å². The molecular formula is C20H20N2O5. The lowest BCUT2D eigenvalue weighted by Crippen LogP contribution is -2.18. The van der Waals surface area contributed by atoms with E-state index in [-0.39, 0.29) is 6.61 Å². The first-order valence-electron chi connectivity index (χ1n) is 7.92. The molecule has 2 rings (SSSR count). The molecule has 0 spiro atoms. The van der Waals surface area contributed by atoms with Crippen molar-refractivity contribution in [3.8, 4) is 35.3 Å². The van der Waals surface area contributed by atoms with Gasteiger partial charge in [-0.2, -0.15) is 5.10 Å². The SMILES string of the molecule is C#CCOc1ccc(OC)cc1/C=N\NC(=O)c1ccc(OC)cc1OC. The summed E-state index contributed by atoms with van der Waals surface area (Å²) < 4.78 is 21.0. The van der Waals surface area contributed by atoms with E-state index in [2.05, 4.69) is 16.4 Å². The summed E-state index contributed by atoms with van der Waals surface area (Å²) in [5, 5.41) is 3.98. The number of amides is 1. The van der Waals surface area contributed by atoms with Crippen molar-refractivity contribution in [1.29, 1.82) is 0 Å². The summed E-state index contributed by atoms with van der Waals surface area (Å²) in [5.41, 5.74) is 3.38. The quantitative estimate of drug-likeness (QED) is 0.440. The molecule has 0 aromatic heterocycles. The smallest absolute Gasteiger partial charge is 0.275 e. The first-order valence-corrected chi connectivity index (χ1v) is 7.92. The predicted octanol–water partition coefficient (Wildman–Crippen LogP) is 2.49. The van der Waals surface area contributed by atoms with Crippen molar-refractivity contribution < 1.29 is 23.7 Å². The summed E-state index contributed by atoms with van der Waals surface area (Å²) in [4.78, 5) is 12.4. The topological polar surface area (TPSA) is 78.4 Å². The van der Waals surface area contributed by atoms with Crippen LogP contribution in [0.4, 0.5) is 0 Å². The van der Waals surface area contributed by atoms with E-state index in [4.69, 9.17) is 25.4 Å². The molecule has 0 aliphatic heterocycles. The van der Waals surface area contributed by atoms with Crippen LogP contribution in [0.1, 0.15) is 15.9 Å². The summed E-state index contributed by atoms with van der Waals surface area (Å²) in [5.74, 6) is 4.07. The summed E-state index contributed by atoms with van der Waals surface area (Å²) in [6.07, 6.45) is 6.67. The molecule has 0 aliphatic carbocycles. The van der Waals surface area contributed by atoms with Crippen LogP contribution in [0.25, 0.3) is 0 Å². The number of hydrogen-bond acceptors (Lipinski definition) is 6. The molecule has 2 aromatic carbocycles. The second-order valence-corrected chi connectivity index (χ2v) is 5.16. The minimum absolute atomic E-state index is 0.114. The van der Waals surface area contributed by atoms with Crippen molar-refractivity contribution in [2.24, 2.45) is 5.10 Å². The van der Waals surface area contributed by atoms with Crippen molar-refractivity contribution in [1.82, 2.24) is 5.43 Å². The highest BCUT2D eigenvalue weighted by Gasteiger charge is 2.13. The third-order valence-corrected chi connectivity index (χ3v) is 3.55. The third kappa shape index (κ3) is 5.16. The van der Waals surface area contributed by atoms with Crippen molar-refractivity contribution >= 4 is 12.1 Å².